The molecule has 1 aromatic carbocycles. The van der Waals surface area contributed by atoms with Gasteiger partial charge in [0.1, 0.15) is 11.6 Å². The minimum atomic E-state index is -0.553. The first-order chi connectivity index (χ1) is 9.11. The number of ether oxygens (including phenoxy) is 1. The van der Waals surface area contributed by atoms with Gasteiger partial charge in [-0.1, -0.05) is 26.2 Å². The molecule has 0 aliphatic heterocycles. The fourth-order valence-electron chi connectivity index (χ4n) is 2.67. The van der Waals surface area contributed by atoms with E-state index in [9.17, 15) is 8.78 Å². The highest BCUT2D eigenvalue weighted by atomic mass is 79.9. The lowest BCUT2D eigenvalue weighted by Gasteiger charge is -2.28. The third-order valence-electron chi connectivity index (χ3n) is 3.91. The minimum absolute atomic E-state index is 0.0121. The quantitative estimate of drug-likeness (QED) is 0.687. The average Bonchev–Trinajstić information content (AvgIpc) is 2.43. The zero-order valence-electron chi connectivity index (χ0n) is 11.1. The Labute approximate surface area is 121 Å². The van der Waals surface area contributed by atoms with Crippen LogP contribution in [0.15, 0.2) is 16.6 Å². The van der Waals surface area contributed by atoms with E-state index in [2.05, 4.69) is 22.9 Å². The zero-order chi connectivity index (χ0) is 13.8. The number of halogens is 3. The third-order valence-corrected chi connectivity index (χ3v) is 4.53. The molecule has 0 spiro atoms. The van der Waals surface area contributed by atoms with Crippen LogP contribution in [0.25, 0.3) is 0 Å². The fraction of sp³-hybridized carbons (Fsp3) is 0.600. The first kappa shape index (κ1) is 14.9. The van der Waals surface area contributed by atoms with Crippen molar-refractivity contribution in [1.29, 1.82) is 0 Å². The molecule has 19 heavy (non-hydrogen) atoms. The Balaban J connectivity index is 1.97. The van der Waals surface area contributed by atoms with E-state index in [1.807, 2.05) is 0 Å². The van der Waals surface area contributed by atoms with Gasteiger partial charge in [-0.05, 0) is 46.8 Å². The number of hydrogen-bond donors (Lipinski definition) is 0. The van der Waals surface area contributed by atoms with Crippen molar-refractivity contribution in [1.82, 2.24) is 0 Å². The summed E-state index contributed by atoms with van der Waals surface area (Å²) in [5.41, 5.74) is 0.0213. The summed E-state index contributed by atoms with van der Waals surface area (Å²) >= 11 is 3.07. The normalized spacial score (nSPS) is 23.6. The molecular formula is C15H19BrF2O. The van der Waals surface area contributed by atoms with Crippen LogP contribution >= 0.6 is 15.9 Å². The van der Waals surface area contributed by atoms with Crippen molar-refractivity contribution in [2.24, 2.45) is 5.92 Å². The van der Waals surface area contributed by atoms with Gasteiger partial charge in [-0.15, -0.1) is 0 Å². The Kier molecular flexibility index (Phi) is 5.34. The monoisotopic (exact) mass is 332 g/mol. The molecule has 4 heteroatoms. The van der Waals surface area contributed by atoms with E-state index in [-0.39, 0.29) is 22.7 Å². The molecule has 2 rings (SSSR count). The molecule has 1 aliphatic rings. The molecule has 1 aliphatic carbocycles. The molecule has 1 saturated carbocycles. The zero-order valence-corrected chi connectivity index (χ0v) is 12.7. The van der Waals surface area contributed by atoms with Gasteiger partial charge >= 0.3 is 0 Å². The van der Waals surface area contributed by atoms with E-state index in [1.165, 1.54) is 18.6 Å². The predicted octanol–water partition coefficient (Wildman–Crippen LogP) is 5.21. The average molecular weight is 333 g/mol. The predicted molar refractivity (Wildman–Crippen MR) is 74.9 cm³/mol. The van der Waals surface area contributed by atoms with Crippen molar-refractivity contribution >= 4 is 15.9 Å². The Morgan fingerprint density at radius 3 is 2.84 bits per heavy atom. The summed E-state index contributed by atoms with van der Waals surface area (Å²) in [5.74, 6) is -0.401. The van der Waals surface area contributed by atoms with Gasteiger partial charge in [0.05, 0.1) is 22.7 Å². The molecule has 0 saturated heterocycles. The van der Waals surface area contributed by atoms with Gasteiger partial charge in [0.2, 0.25) is 0 Å². The maximum atomic E-state index is 13.8. The summed E-state index contributed by atoms with van der Waals surface area (Å²) < 4.78 is 33.4. The van der Waals surface area contributed by atoms with E-state index in [0.29, 0.717) is 5.92 Å². The first-order valence-electron chi connectivity index (χ1n) is 6.85. The standard InChI is InChI=1S/C15H19BrF2O/c1-2-10-4-3-5-11(8-10)19-9-12-14(17)7-6-13(16)15(12)18/h6-7,10-11H,2-5,8-9H2,1H3. The molecule has 1 nitrogen and oxygen atoms in total. The molecule has 106 valence electrons. The van der Waals surface area contributed by atoms with Gasteiger partial charge < -0.3 is 4.74 Å². The van der Waals surface area contributed by atoms with Crippen molar-refractivity contribution in [3.8, 4) is 0 Å². The largest absolute Gasteiger partial charge is 0.373 e. The molecule has 0 N–H and O–H groups in total. The highest BCUT2D eigenvalue weighted by Gasteiger charge is 2.22. The molecule has 0 aromatic heterocycles. The van der Waals surface area contributed by atoms with Crippen LogP contribution in [0.1, 0.15) is 44.6 Å². The summed E-state index contributed by atoms with van der Waals surface area (Å²) in [7, 11) is 0. The van der Waals surface area contributed by atoms with Crippen LogP contribution in [0.4, 0.5) is 8.78 Å². The second-order valence-corrected chi connectivity index (χ2v) is 6.05. The Bertz CT molecular complexity index is 436. The van der Waals surface area contributed by atoms with Crippen molar-refractivity contribution in [3.05, 3.63) is 33.8 Å². The van der Waals surface area contributed by atoms with E-state index in [1.54, 1.807) is 0 Å². The highest BCUT2D eigenvalue weighted by molar-refractivity contribution is 9.10. The van der Waals surface area contributed by atoms with Crippen molar-refractivity contribution in [2.45, 2.75) is 51.7 Å². The summed E-state index contributed by atoms with van der Waals surface area (Å²) in [5, 5.41) is 0. The van der Waals surface area contributed by atoms with Crippen LogP contribution in [0.5, 0.6) is 0 Å². The SMILES string of the molecule is CCC1CCCC(OCc2c(F)ccc(Br)c2F)C1. The van der Waals surface area contributed by atoms with Gasteiger partial charge in [-0.2, -0.15) is 0 Å². The first-order valence-corrected chi connectivity index (χ1v) is 7.65. The molecule has 0 radical (unpaired) electrons. The Hall–Kier alpha value is -0.480. The van der Waals surface area contributed by atoms with Gasteiger partial charge in [0, 0.05) is 0 Å². The summed E-state index contributed by atoms with van der Waals surface area (Å²) in [6, 6.07) is 2.64. The summed E-state index contributed by atoms with van der Waals surface area (Å²) in [4.78, 5) is 0. The van der Waals surface area contributed by atoms with Crippen molar-refractivity contribution in [3.63, 3.8) is 0 Å². The van der Waals surface area contributed by atoms with Crippen LogP contribution in [0.2, 0.25) is 0 Å². The smallest absolute Gasteiger partial charge is 0.145 e. The molecule has 0 bridgehead atoms. The minimum Gasteiger partial charge on any atom is -0.373 e. The van der Waals surface area contributed by atoms with Crippen molar-refractivity contribution < 1.29 is 13.5 Å². The number of rotatable bonds is 4. The van der Waals surface area contributed by atoms with E-state index < -0.39 is 11.6 Å². The van der Waals surface area contributed by atoms with Crippen molar-refractivity contribution in [2.75, 3.05) is 0 Å². The summed E-state index contributed by atoms with van der Waals surface area (Å²) in [6.07, 6.45) is 5.68. The second kappa shape index (κ2) is 6.80. The van der Waals surface area contributed by atoms with Crippen LogP contribution in [-0.4, -0.2) is 6.10 Å². The lowest BCUT2D eigenvalue weighted by Crippen LogP contribution is -2.22. The highest BCUT2D eigenvalue weighted by Crippen LogP contribution is 2.30. The summed E-state index contributed by atoms with van der Waals surface area (Å²) in [6.45, 7) is 2.19. The van der Waals surface area contributed by atoms with Gasteiger partial charge in [-0.25, -0.2) is 8.78 Å². The third kappa shape index (κ3) is 3.76. The molecular weight excluding hydrogens is 314 g/mol. The van der Waals surface area contributed by atoms with Crippen LogP contribution in [-0.2, 0) is 11.3 Å². The van der Waals surface area contributed by atoms with Gasteiger partial charge in [0.25, 0.3) is 0 Å². The maximum absolute atomic E-state index is 13.8. The Morgan fingerprint density at radius 1 is 1.32 bits per heavy atom. The van der Waals surface area contributed by atoms with E-state index >= 15 is 0 Å². The molecule has 0 heterocycles. The number of hydrogen-bond acceptors (Lipinski definition) is 1. The van der Waals surface area contributed by atoms with E-state index in [4.69, 9.17) is 4.74 Å². The molecule has 1 aromatic rings. The lowest BCUT2D eigenvalue weighted by molar-refractivity contribution is -0.000570. The van der Waals surface area contributed by atoms with Gasteiger partial charge in [0.15, 0.2) is 0 Å². The topological polar surface area (TPSA) is 9.23 Å². The second-order valence-electron chi connectivity index (χ2n) is 5.20. The molecule has 1 fully saturated rings. The molecule has 2 atom stereocenters. The fourth-order valence-corrected chi connectivity index (χ4v) is 3.04. The van der Waals surface area contributed by atoms with Crippen LogP contribution in [0.3, 0.4) is 0 Å². The number of benzene rings is 1. The molecule has 2 unspecified atom stereocenters. The van der Waals surface area contributed by atoms with Crippen LogP contribution in [0, 0.1) is 17.6 Å². The van der Waals surface area contributed by atoms with Crippen LogP contribution < -0.4 is 0 Å². The maximum Gasteiger partial charge on any atom is 0.145 e. The van der Waals surface area contributed by atoms with E-state index in [0.717, 1.165) is 25.7 Å². The molecule has 0 amide bonds. The lowest BCUT2D eigenvalue weighted by atomic mass is 9.85. The van der Waals surface area contributed by atoms with Gasteiger partial charge in [-0.3, -0.25) is 0 Å². The Morgan fingerprint density at radius 2 is 2.11 bits per heavy atom.